The molecule has 0 spiro atoms. The fourth-order valence-electron chi connectivity index (χ4n) is 4.53. The molecule has 1 heterocycles. The smallest absolute Gasteiger partial charge is 0.0847 e. The van der Waals surface area contributed by atoms with Crippen molar-refractivity contribution in [3.8, 4) is 0 Å². The molecule has 0 saturated heterocycles. The van der Waals surface area contributed by atoms with Crippen LogP contribution >= 0.6 is 11.6 Å². The molecular weight excluding hydrogens is 270 g/mol. The van der Waals surface area contributed by atoms with E-state index in [-0.39, 0.29) is 0 Å². The van der Waals surface area contributed by atoms with Gasteiger partial charge in [-0.3, -0.25) is 4.68 Å². The zero-order valence-corrected chi connectivity index (χ0v) is 13.6. The molecule has 1 N–H and O–H groups in total. The molecule has 4 atom stereocenters. The summed E-state index contributed by atoms with van der Waals surface area (Å²) in [6.07, 6.45) is 6.78. The average Bonchev–Trinajstić information content (AvgIpc) is 3.13. The van der Waals surface area contributed by atoms with Crippen LogP contribution < -0.4 is 5.32 Å². The second kappa shape index (κ2) is 5.69. The highest BCUT2D eigenvalue weighted by atomic mass is 35.5. The van der Waals surface area contributed by atoms with Crippen LogP contribution in [0.3, 0.4) is 0 Å². The van der Waals surface area contributed by atoms with Crippen molar-refractivity contribution in [2.45, 2.75) is 58.5 Å². The lowest BCUT2D eigenvalue weighted by Crippen LogP contribution is -2.38. The SMILES string of the molecule is CCn1nc(C)c(Cl)c1CC(NC)C1CC2CCC1C2. The first kappa shape index (κ1) is 14.4. The van der Waals surface area contributed by atoms with Crippen molar-refractivity contribution in [1.29, 1.82) is 0 Å². The highest BCUT2D eigenvalue weighted by Gasteiger charge is 2.42. The van der Waals surface area contributed by atoms with Gasteiger partial charge >= 0.3 is 0 Å². The number of nitrogens with zero attached hydrogens (tertiary/aromatic N) is 2. The van der Waals surface area contributed by atoms with Crippen LogP contribution in [-0.2, 0) is 13.0 Å². The van der Waals surface area contributed by atoms with Crippen LogP contribution in [0.25, 0.3) is 0 Å². The Balaban J connectivity index is 1.78. The molecular formula is C16H26ClN3. The zero-order valence-electron chi connectivity index (χ0n) is 12.8. The van der Waals surface area contributed by atoms with Crippen molar-refractivity contribution in [2.24, 2.45) is 17.8 Å². The summed E-state index contributed by atoms with van der Waals surface area (Å²) in [5, 5.41) is 8.98. The second-order valence-corrected chi connectivity index (χ2v) is 6.98. The van der Waals surface area contributed by atoms with Gasteiger partial charge < -0.3 is 5.32 Å². The normalized spacial score (nSPS) is 30.1. The van der Waals surface area contributed by atoms with Crippen LogP contribution in [0, 0.1) is 24.7 Å². The van der Waals surface area contributed by atoms with Gasteiger partial charge in [-0.25, -0.2) is 0 Å². The summed E-state index contributed by atoms with van der Waals surface area (Å²) < 4.78 is 2.08. The van der Waals surface area contributed by atoms with Gasteiger partial charge in [-0.2, -0.15) is 5.10 Å². The summed E-state index contributed by atoms with van der Waals surface area (Å²) in [6, 6.07) is 0.546. The van der Waals surface area contributed by atoms with Crippen molar-refractivity contribution in [1.82, 2.24) is 15.1 Å². The lowest BCUT2D eigenvalue weighted by Gasteiger charge is -2.30. The molecule has 1 aromatic rings. The minimum Gasteiger partial charge on any atom is -0.316 e. The van der Waals surface area contributed by atoms with E-state index in [1.165, 1.54) is 31.4 Å². The van der Waals surface area contributed by atoms with Gasteiger partial charge in [-0.1, -0.05) is 18.0 Å². The van der Waals surface area contributed by atoms with E-state index in [1.807, 2.05) is 6.92 Å². The van der Waals surface area contributed by atoms with Gasteiger partial charge in [-0.15, -0.1) is 0 Å². The Kier molecular flexibility index (Phi) is 4.09. The molecule has 2 aliphatic carbocycles. The summed E-state index contributed by atoms with van der Waals surface area (Å²) in [7, 11) is 2.10. The number of aryl methyl sites for hydroxylation is 2. The summed E-state index contributed by atoms with van der Waals surface area (Å²) in [5.41, 5.74) is 2.18. The molecule has 1 aromatic heterocycles. The molecule has 4 unspecified atom stereocenters. The Morgan fingerprint density at radius 1 is 1.40 bits per heavy atom. The number of rotatable bonds is 5. The maximum absolute atomic E-state index is 6.47. The van der Waals surface area contributed by atoms with E-state index in [4.69, 9.17) is 11.6 Å². The quantitative estimate of drug-likeness (QED) is 0.902. The second-order valence-electron chi connectivity index (χ2n) is 6.60. The molecule has 0 aromatic carbocycles. The largest absolute Gasteiger partial charge is 0.316 e. The van der Waals surface area contributed by atoms with E-state index in [9.17, 15) is 0 Å². The molecule has 0 aliphatic heterocycles. The maximum Gasteiger partial charge on any atom is 0.0847 e. The van der Waals surface area contributed by atoms with Gasteiger partial charge in [0.05, 0.1) is 16.4 Å². The topological polar surface area (TPSA) is 29.9 Å². The lowest BCUT2D eigenvalue weighted by atomic mass is 9.81. The molecule has 0 amide bonds. The van der Waals surface area contributed by atoms with Crippen LogP contribution in [0.5, 0.6) is 0 Å². The third kappa shape index (κ3) is 2.39. The van der Waals surface area contributed by atoms with Crippen molar-refractivity contribution in [3.63, 3.8) is 0 Å². The number of halogens is 1. The van der Waals surface area contributed by atoms with E-state index in [1.54, 1.807) is 0 Å². The summed E-state index contributed by atoms with van der Waals surface area (Å²) >= 11 is 6.47. The molecule has 4 heteroatoms. The molecule has 3 nitrogen and oxygen atoms in total. The fourth-order valence-corrected chi connectivity index (χ4v) is 4.74. The molecule has 2 saturated carbocycles. The lowest BCUT2D eigenvalue weighted by molar-refractivity contribution is 0.253. The summed E-state index contributed by atoms with van der Waals surface area (Å²) in [5.74, 6) is 2.76. The summed E-state index contributed by atoms with van der Waals surface area (Å²) in [4.78, 5) is 0. The number of hydrogen-bond acceptors (Lipinski definition) is 2. The molecule has 2 aliphatic rings. The maximum atomic E-state index is 6.47. The monoisotopic (exact) mass is 295 g/mol. The van der Waals surface area contributed by atoms with E-state index >= 15 is 0 Å². The Morgan fingerprint density at radius 2 is 2.20 bits per heavy atom. The number of nitrogens with one attached hydrogen (secondary N) is 1. The van der Waals surface area contributed by atoms with Gasteiger partial charge in [0.2, 0.25) is 0 Å². The molecule has 3 rings (SSSR count). The molecule has 112 valence electrons. The number of hydrogen-bond donors (Lipinski definition) is 1. The van der Waals surface area contributed by atoms with Gasteiger partial charge in [0.25, 0.3) is 0 Å². The first-order chi connectivity index (χ1) is 9.63. The minimum absolute atomic E-state index is 0.546. The van der Waals surface area contributed by atoms with Crippen molar-refractivity contribution >= 4 is 11.6 Å². The van der Waals surface area contributed by atoms with Crippen LogP contribution in [0.4, 0.5) is 0 Å². The van der Waals surface area contributed by atoms with Crippen molar-refractivity contribution in [2.75, 3.05) is 7.05 Å². The third-order valence-electron chi connectivity index (χ3n) is 5.55. The van der Waals surface area contributed by atoms with Gasteiger partial charge in [0.15, 0.2) is 0 Å². The highest BCUT2D eigenvalue weighted by molar-refractivity contribution is 6.31. The number of likely N-dealkylation sites (N-methyl/N-ethyl adjacent to an activating group) is 1. The predicted octanol–water partition coefficient (Wildman–Crippen LogP) is 3.43. The van der Waals surface area contributed by atoms with E-state index in [2.05, 4.69) is 29.1 Å². The summed E-state index contributed by atoms with van der Waals surface area (Å²) in [6.45, 7) is 5.04. The average molecular weight is 296 g/mol. The number of aromatic nitrogens is 2. The van der Waals surface area contributed by atoms with Crippen LogP contribution in [-0.4, -0.2) is 22.9 Å². The Bertz CT molecular complexity index is 482. The van der Waals surface area contributed by atoms with Crippen LogP contribution in [0.15, 0.2) is 0 Å². The first-order valence-electron chi connectivity index (χ1n) is 8.03. The number of fused-ring (bicyclic) bond motifs is 2. The first-order valence-corrected chi connectivity index (χ1v) is 8.40. The Labute approximate surface area is 127 Å². The molecule has 2 fully saturated rings. The standard InChI is InChI=1S/C16H26ClN3/c1-4-20-15(16(17)10(2)19-20)9-14(18-3)13-8-11-5-6-12(13)7-11/h11-14,18H,4-9H2,1-3H3. The Morgan fingerprint density at radius 3 is 2.75 bits per heavy atom. The van der Waals surface area contributed by atoms with E-state index in [0.29, 0.717) is 6.04 Å². The van der Waals surface area contributed by atoms with E-state index in [0.717, 1.165) is 41.4 Å². The molecule has 0 radical (unpaired) electrons. The molecule has 20 heavy (non-hydrogen) atoms. The third-order valence-corrected chi connectivity index (χ3v) is 6.04. The Hall–Kier alpha value is -0.540. The van der Waals surface area contributed by atoms with Gasteiger partial charge in [-0.05, 0) is 57.9 Å². The minimum atomic E-state index is 0.546. The van der Waals surface area contributed by atoms with Crippen LogP contribution in [0.1, 0.15) is 44.0 Å². The van der Waals surface area contributed by atoms with Gasteiger partial charge in [0.1, 0.15) is 0 Å². The van der Waals surface area contributed by atoms with Gasteiger partial charge in [0, 0.05) is 19.0 Å². The predicted molar refractivity (Wildman–Crippen MR) is 83.1 cm³/mol. The zero-order chi connectivity index (χ0) is 14.3. The highest BCUT2D eigenvalue weighted by Crippen LogP contribution is 2.50. The molecule has 2 bridgehead atoms. The van der Waals surface area contributed by atoms with Crippen molar-refractivity contribution in [3.05, 3.63) is 16.4 Å². The van der Waals surface area contributed by atoms with Crippen molar-refractivity contribution < 1.29 is 0 Å². The van der Waals surface area contributed by atoms with E-state index < -0.39 is 0 Å². The van der Waals surface area contributed by atoms with Crippen LogP contribution in [0.2, 0.25) is 5.02 Å². The fraction of sp³-hybridized carbons (Fsp3) is 0.812.